The smallest absolute Gasteiger partial charge is 0.387 e. The van der Waals surface area contributed by atoms with Crippen molar-refractivity contribution < 1.29 is 10.3 Å². The van der Waals surface area contributed by atoms with Crippen molar-refractivity contribution in [1.82, 2.24) is 0 Å². The van der Waals surface area contributed by atoms with E-state index in [0.717, 1.165) is 6.04 Å². The van der Waals surface area contributed by atoms with Gasteiger partial charge in [-0.05, 0) is 25.0 Å². The van der Waals surface area contributed by atoms with E-state index in [-0.39, 0.29) is 1.43 Å². The van der Waals surface area contributed by atoms with Gasteiger partial charge < -0.3 is 4.43 Å². The minimum Gasteiger partial charge on any atom is -0.387 e. The molecule has 1 saturated heterocycles. The molecule has 0 bridgehead atoms. The Labute approximate surface area is 124 Å². The van der Waals surface area contributed by atoms with Crippen molar-refractivity contribution in [3.63, 3.8) is 0 Å². The maximum absolute atomic E-state index is 6.00. The maximum atomic E-state index is 6.00. The van der Waals surface area contributed by atoms with Gasteiger partial charge in [0.05, 0.1) is 0 Å². The standard InChI is InChI=1S/C8H16.C5H11O2SSi.N2.H2/c1-3-5-7-8-6-4-2;1-6-9(7-2)5-3-4-8-9;1-2;/h3H,1,4-8H2,2H3;1,3-5H2,2H3;;1H/q;+1;;/i;;;1+1. The third-order valence-corrected chi connectivity index (χ3v) is 9.10. The van der Waals surface area contributed by atoms with Crippen LogP contribution in [0.2, 0.25) is 6.04 Å². The lowest BCUT2D eigenvalue weighted by atomic mass is 10.2. The first kappa shape index (κ1) is 20.8. The summed E-state index contributed by atoms with van der Waals surface area (Å²) in [6.07, 6.45) is 9.83. The van der Waals surface area contributed by atoms with Crippen LogP contribution in [0.15, 0.2) is 12.7 Å². The highest BCUT2D eigenvalue weighted by Gasteiger charge is 2.44. The van der Waals surface area contributed by atoms with Crippen LogP contribution in [0.4, 0.5) is 0 Å². The first-order chi connectivity index (χ1) is 9.24. The summed E-state index contributed by atoms with van der Waals surface area (Å²) >= 11 is 1.82. The molecule has 112 valence electrons. The minimum atomic E-state index is -1.77. The largest absolute Gasteiger partial charge is 0.460 e. The normalized spacial score (nSPS) is 20.6. The van der Waals surface area contributed by atoms with Crippen molar-refractivity contribution in [2.45, 2.75) is 51.5 Å². The SMILES string of the molecule is C=CCCCCCC.N#N.[2HH].[CH2+]O[Si]1(OC)CCCS1. The number of rotatable bonds is 7. The molecular weight excluding hydrogens is 276 g/mol. The van der Waals surface area contributed by atoms with Gasteiger partial charge in [-0.3, -0.25) is 0 Å². The molecule has 19 heavy (non-hydrogen) atoms. The second kappa shape index (κ2) is 15.6. The molecule has 1 unspecified atom stereocenters. The first-order valence-corrected chi connectivity index (χ1v) is 10.4. The van der Waals surface area contributed by atoms with Crippen LogP contribution in [0.1, 0.15) is 46.9 Å². The van der Waals surface area contributed by atoms with Gasteiger partial charge in [0.15, 0.2) is 0 Å². The molecule has 0 saturated carbocycles. The van der Waals surface area contributed by atoms with Gasteiger partial charge in [0.1, 0.15) is 0 Å². The van der Waals surface area contributed by atoms with Crippen LogP contribution in [0.25, 0.3) is 0 Å². The van der Waals surface area contributed by atoms with Crippen LogP contribution in [-0.4, -0.2) is 20.6 Å². The van der Waals surface area contributed by atoms with Crippen LogP contribution in [0.5, 0.6) is 0 Å². The molecule has 0 aromatic rings. The zero-order chi connectivity index (χ0) is 15.0. The molecule has 0 spiro atoms. The molecule has 1 aliphatic rings. The third-order valence-electron chi connectivity index (χ3n) is 2.74. The zero-order valence-electron chi connectivity index (χ0n) is 12.3. The Morgan fingerprint density at radius 2 is 2.11 bits per heavy atom. The number of hydrogen-bond acceptors (Lipinski definition) is 5. The van der Waals surface area contributed by atoms with E-state index in [2.05, 4.69) is 20.6 Å². The van der Waals surface area contributed by atoms with Gasteiger partial charge in [-0.2, -0.15) is 0 Å². The van der Waals surface area contributed by atoms with E-state index in [1.165, 1.54) is 44.3 Å². The predicted molar refractivity (Wildman–Crippen MR) is 85.6 cm³/mol. The quantitative estimate of drug-likeness (QED) is 0.219. The monoisotopic (exact) mass is 306 g/mol. The predicted octanol–water partition coefficient (Wildman–Crippen LogP) is 4.94. The molecule has 6 heteroatoms. The van der Waals surface area contributed by atoms with Crippen LogP contribution >= 0.6 is 11.2 Å². The topological polar surface area (TPSA) is 66.0 Å². The first-order valence-electron chi connectivity index (χ1n) is 6.68. The van der Waals surface area contributed by atoms with Gasteiger partial charge in [0.25, 0.3) is 0 Å². The molecule has 0 aliphatic carbocycles. The molecular formula is C13H29N2O2SSi+. The van der Waals surface area contributed by atoms with Crippen molar-refractivity contribution >= 4 is 18.9 Å². The third kappa shape index (κ3) is 11.1. The molecule has 1 fully saturated rings. The van der Waals surface area contributed by atoms with E-state index < -0.39 is 7.71 Å². The van der Waals surface area contributed by atoms with Gasteiger partial charge in [0.2, 0.25) is 7.11 Å². The maximum Gasteiger partial charge on any atom is 0.460 e. The Morgan fingerprint density at radius 1 is 1.42 bits per heavy atom. The number of unbranched alkanes of at least 4 members (excludes halogenated alkanes) is 4. The Bertz CT molecular complexity index is 222. The molecule has 4 nitrogen and oxygen atoms in total. The van der Waals surface area contributed by atoms with Crippen molar-refractivity contribution in [2.75, 3.05) is 12.9 Å². The van der Waals surface area contributed by atoms with E-state index in [0.29, 0.717) is 0 Å². The van der Waals surface area contributed by atoms with Gasteiger partial charge in [-0.1, -0.05) is 32.3 Å². The van der Waals surface area contributed by atoms with E-state index in [1.54, 1.807) is 7.11 Å². The lowest BCUT2D eigenvalue weighted by molar-refractivity contribution is 0.294. The lowest BCUT2D eigenvalue weighted by Crippen LogP contribution is -2.31. The van der Waals surface area contributed by atoms with Crippen molar-refractivity contribution in [1.29, 1.82) is 10.8 Å². The lowest BCUT2D eigenvalue weighted by Gasteiger charge is -2.13. The van der Waals surface area contributed by atoms with Gasteiger partial charge >= 0.3 is 7.71 Å². The fourth-order valence-electron chi connectivity index (χ4n) is 1.64. The highest BCUT2D eigenvalue weighted by Crippen LogP contribution is 2.35. The van der Waals surface area contributed by atoms with E-state index in [9.17, 15) is 0 Å². The van der Waals surface area contributed by atoms with Crippen molar-refractivity contribution in [3.05, 3.63) is 19.8 Å². The van der Waals surface area contributed by atoms with E-state index in [1.807, 2.05) is 17.3 Å². The second-order valence-electron chi connectivity index (χ2n) is 4.12. The van der Waals surface area contributed by atoms with E-state index in [4.69, 9.17) is 19.6 Å². The average molecular weight is 307 g/mol. The minimum absolute atomic E-state index is 0. The number of nitrogens with zero attached hydrogens (tertiary/aromatic N) is 2. The number of hydrogen-bond donors (Lipinski definition) is 0. The summed E-state index contributed by atoms with van der Waals surface area (Å²) in [7, 11) is 3.37. The van der Waals surface area contributed by atoms with Crippen LogP contribution in [0.3, 0.4) is 0 Å². The summed E-state index contributed by atoms with van der Waals surface area (Å²) in [6, 6.07) is 1.09. The Morgan fingerprint density at radius 3 is 2.42 bits per heavy atom. The number of allylic oxidation sites excluding steroid dienone is 1. The fraction of sp³-hybridized carbons (Fsp3) is 0.769. The fourth-order valence-corrected chi connectivity index (χ4v) is 6.75. The summed E-state index contributed by atoms with van der Waals surface area (Å²) in [4.78, 5) is 0. The molecule has 0 N–H and O–H groups in total. The summed E-state index contributed by atoms with van der Waals surface area (Å²) in [5.41, 5.74) is 0. The molecule has 0 amide bonds. The van der Waals surface area contributed by atoms with Gasteiger partial charge in [-0.15, -0.1) is 17.8 Å². The highest BCUT2D eigenvalue weighted by atomic mass is 32.4. The molecule has 0 aromatic heterocycles. The molecule has 1 rings (SSSR count). The van der Waals surface area contributed by atoms with Crippen LogP contribution in [0, 0.1) is 17.9 Å². The van der Waals surface area contributed by atoms with E-state index >= 15 is 0 Å². The Hall–Kier alpha value is -0.483. The second-order valence-corrected chi connectivity index (χ2v) is 10.1. The van der Waals surface area contributed by atoms with Gasteiger partial charge in [0, 0.05) is 25.4 Å². The molecule has 0 aromatic carbocycles. The molecule has 1 aliphatic heterocycles. The highest BCUT2D eigenvalue weighted by molar-refractivity contribution is 8.27. The summed E-state index contributed by atoms with van der Waals surface area (Å²) in [5, 5.41) is 12.0. The molecule has 1 atom stereocenters. The molecule has 0 radical (unpaired) electrons. The van der Waals surface area contributed by atoms with Crippen LogP contribution in [-0.2, 0) is 8.85 Å². The summed E-state index contributed by atoms with van der Waals surface area (Å²) in [5.74, 6) is 1.18. The summed E-state index contributed by atoms with van der Waals surface area (Å²) < 4.78 is 10.3. The van der Waals surface area contributed by atoms with Crippen molar-refractivity contribution in [3.8, 4) is 0 Å². The van der Waals surface area contributed by atoms with Gasteiger partial charge in [-0.25, -0.2) is 4.43 Å². The molecule has 1 heterocycles. The van der Waals surface area contributed by atoms with Crippen molar-refractivity contribution in [2.24, 2.45) is 0 Å². The Kier molecular flexibility index (Phi) is 17.1. The van der Waals surface area contributed by atoms with Crippen LogP contribution < -0.4 is 0 Å². The Balaban J connectivity index is -0.000000248. The zero-order valence-corrected chi connectivity index (χ0v) is 14.1. The summed E-state index contributed by atoms with van der Waals surface area (Å²) in [6.45, 7) is 5.89. The average Bonchev–Trinajstić information content (AvgIpc) is 2.96.